The van der Waals surface area contributed by atoms with Gasteiger partial charge in [-0.05, 0) is 54.7 Å². The number of hydrogen-bond acceptors (Lipinski definition) is 5. The summed E-state index contributed by atoms with van der Waals surface area (Å²) in [4.78, 5) is 12.3. The van der Waals surface area contributed by atoms with Crippen molar-refractivity contribution in [2.45, 2.75) is 24.2 Å². The Bertz CT molecular complexity index is 955. The molecule has 1 aromatic heterocycles. The first-order chi connectivity index (χ1) is 12.7. The maximum absolute atomic E-state index is 11.9. The molecule has 26 heavy (non-hydrogen) atoms. The molecule has 0 radical (unpaired) electrons. The first-order valence-electron chi connectivity index (χ1n) is 8.86. The SMILES string of the molecule is O=S(CO)c1cccc(-c2ccc3ncc(N4CCCCC4)nc3c2)c1. The number of benzene rings is 2. The van der Waals surface area contributed by atoms with Gasteiger partial charge in [-0.25, -0.2) is 4.98 Å². The van der Waals surface area contributed by atoms with Gasteiger partial charge in [0.1, 0.15) is 11.8 Å². The second kappa shape index (κ2) is 7.51. The molecule has 0 bridgehead atoms. The van der Waals surface area contributed by atoms with Gasteiger partial charge in [0.05, 0.1) is 28.0 Å². The first-order valence-corrected chi connectivity index (χ1v) is 10.2. The minimum absolute atomic E-state index is 0.369. The number of hydrogen-bond donors (Lipinski definition) is 1. The lowest BCUT2D eigenvalue weighted by atomic mass is 10.1. The molecule has 4 rings (SSSR count). The second-order valence-corrected chi connectivity index (χ2v) is 7.90. The molecule has 2 aromatic carbocycles. The Labute approximate surface area is 155 Å². The van der Waals surface area contributed by atoms with E-state index in [4.69, 9.17) is 10.1 Å². The molecule has 2 heterocycles. The summed E-state index contributed by atoms with van der Waals surface area (Å²) >= 11 is 0. The van der Waals surface area contributed by atoms with Crippen molar-refractivity contribution in [2.75, 3.05) is 23.9 Å². The molecule has 6 heteroatoms. The van der Waals surface area contributed by atoms with E-state index in [-0.39, 0.29) is 5.94 Å². The summed E-state index contributed by atoms with van der Waals surface area (Å²) in [5, 5.41) is 9.12. The number of fused-ring (bicyclic) bond motifs is 1. The minimum atomic E-state index is -1.39. The highest BCUT2D eigenvalue weighted by Gasteiger charge is 2.13. The molecule has 1 aliphatic rings. The van der Waals surface area contributed by atoms with Crippen LogP contribution in [0.2, 0.25) is 0 Å². The quantitative estimate of drug-likeness (QED) is 0.766. The topological polar surface area (TPSA) is 66.3 Å². The summed E-state index contributed by atoms with van der Waals surface area (Å²) in [7, 11) is -1.39. The normalized spacial score (nSPS) is 16.0. The van der Waals surface area contributed by atoms with E-state index in [1.807, 2.05) is 42.6 Å². The van der Waals surface area contributed by atoms with Gasteiger partial charge in [0.2, 0.25) is 0 Å². The summed E-state index contributed by atoms with van der Waals surface area (Å²) in [5.41, 5.74) is 3.68. The highest BCUT2D eigenvalue weighted by atomic mass is 32.2. The minimum Gasteiger partial charge on any atom is -0.383 e. The van der Waals surface area contributed by atoms with Crippen molar-refractivity contribution in [3.63, 3.8) is 0 Å². The van der Waals surface area contributed by atoms with Gasteiger partial charge >= 0.3 is 0 Å². The molecule has 0 aliphatic carbocycles. The largest absolute Gasteiger partial charge is 0.383 e. The summed E-state index contributed by atoms with van der Waals surface area (Å²) in [6.45, 7) is 2.07. The highest BCUT2D eigenvalue weighted by Crippen LogP contribution is 2.26. The summed E-state index contributed by atoms with van der Waals surface area (Å²) in [6.07, 6.45) is 5.55. The molecule has 1 unspecified atom stereocenters. The number of anilines is 1. The van der Waals surface area contributed by atoms with Crippen molar-refractivity contribution in [1.82, 2.24) is 9.97 Å². The van der Waals surface area contributed by atoms with E-state index in [2.05, 4.69) is 9.88 Å². The van der Waals surface area contributed by atoms with Crippen LogP contribution in [0.1, 0.15) is 19.3 Å². The van der Waals surface area contributed by atoms with Gasteiger partial charge in [0, 0.05) is 18.0 Å². The predicted molar refractivity (Wildman–Crippen MR) is 105 cm³/mol. The van der Waals surface area contributed by atoms with Crippen LogP contribution in [0.4, 0.5) is 5.82 Å². The standard InChI is InChI=1S/C20H21N3O2S/c24-14-26(25)17-6-4-5-15(11-17)16-7-8-18-19(12-16)22-20(13-21-18)23-9-2-1-3-10-23/h4-8,11-13,24H,1-3,9-10,14H2. The van der Waals surface area contributed by atoms with E-state index in [0.29, 0.717) is 4.90 Å². The molecule has 5 nitrogen and oxygen atoms in total. The van der Waals surface area contributed by atoms with Gasteiger partial charge in [-0.2, -0.15) is 0 Å². The van der Waals surface area contributed by atoms with Gasteiger partial charge in [-0.15, -0.1) is 0 Å². The lowest BCUT2D eigenvalue weighted by Crippen LogP contribution is -2.30. The van der Waals surface area contributed by atoms with Gasteiger partial charge < -0.3 is 10.0 Å². The summed E-state index contributed by atoms with van der Waals surface area (Å²) in [5.74, 6) is 0.566. The fourth-order valence-corrected chi connectivity index (χ4v) is 3.99. The Morgan fingerprint density at radius 3 is 2.62 bits per heavy atom. The van der Waals surface area contributed by atoms with Crippen LogP contribution in [0.3, 0.4) is 0 Å². The molecular weight excluding hydrogens is 346 g/mol. The van der Waals surface area contributed by atoms with Crippen LogP contribution in [0.15, 0.2) is 53.6 Å². The number of nitrogens with zero attached hydrogens (tertiary/aromatic N) is 3. The fraction of sp³-hybridized carbons (Fsp3) is 0.300. The molecule has 1 N–H and O–H groups in total. The average molecular weight is 367 g/mol. The zero-order valence-corrected chi connectivity index (χ0v) is 15.3. The van der Waals surface area contributed by atoms with Crippen LogP contribution in [-0.4, -0.2) is 38.3 Å². The van der Waals surface area contributed by atoms with Gasteiger partial charge in [-0.3, -0.25) is 9.19 Å². The number of rotatable bonds is 4. The Kier molecular flexibility index (Phi) is 4.95. The maximum Gasteiger partial charge on any atom is 0.147 e. The van der Waals surface area contributed by atoms with Crippen LogP contribution in [0.25, 0.3) is 22.2 Å². The Morgan fingerprint density at radius 1 is 1.00 bits per heavy atom. The summed E-state index contributed by atoms with van der Waals surface area (Å²) in [6, 6.07) is 13.4. The lowest BCUT2D eigenvalue weighted by molar-refractivity contribution is 0.368. The van der Waals surface area contributed by atoms with Crippen molar-refractivity contribution >= 4 is 27.7 Å². The molecule has 0 saturated carbocycles. The Morgan fingerprint density at radius 2 is 1.81 bits per heavy atom. The number of piperidine rings is 1. The molecule has 1 saturated heterocycles. The molecular formula is C20H21N3O2S. The lowest BCUT2D eigenvalue weighted by Gasteiger charge is -2.27. The van der Waals surface area contributed by atoms with Crippen molar-refractivity contribution in [1.29, 1.82) is 0 Å². The number of aliphatic hydroxyl groups is 1. The fourth-order valence-electron chi connectivity index (χ4n) is 3.35. The van der Waals surface area contributed by atoms with Crippen LogP contribution in [0.5, 0.6) is 0 Å². The van der Waals surface area contributed by atoms with E-state index in [9.17, 15) is 4.21 Å². The zero-order valence-electron chi connectivity index (χ0n) is 14.5. The third-order valence-corrected chi connectivity index (χ3v) is 5.77. The summed E-state index contributed by atoms with van der Waals surface area (Å²) < 4.78 is 11.9. The van der Waals surface area contributed by atoms with Crippen LogP contribution in [0, 0.1) is 0 Å². The van der Waals surface area contributed by atoms with Crippen molar-refractivity contribution < 1.29 is 9.32 Å². The third-order valence-electron chi connectivity index (χ3n) is 4.76. The van der Waals surface area contributed by atoms with Gasteiger partial charge in [0.15, 0.2) is 0 Å². The van der Waals surface area contributed by atoms with E-state index in [1.54, 1.807) is 6.07 Å². The van der Waals surface area contributed by atoms with Crippen molar-refractivity contribution in [3.8, 4) is 11.1 Å². The van der Waals surface area contributed by atoms with E-state index >= 15 is 0 Å². The van der Waals surface area contributed by atoms with Gasteiger partial charge in [0.25, 0.3) is 0 Å². The third kappa shape index (κ3) is 3.48. The van der Waals surface area contributed by atoms with E-state index < -0.39 is 10.8 Å². The number of aliphatic hydroxyl groups excluding tert-OH is 1. The van der Waals surface area contributed by atoms with E-state index in [0.717, 1.165) is 41.1 Å². The van der Waals surface area contributed by atoms with Gasteiger partial charge in [-0.1, -0.05) is 18.2 Å². The van der Waals surface area contributed by atoms with Crippen molar-refractivity contribution in [3.05, 3.63) is 48.7 Å². The van der Waals surface area contributed by atoms with Crippen LogP contribution >= 0.6 is 0 Å². The monoisotopic (exact) mass is 367 g/mol. The van der Waals surface area contributed by atoms with E-state index in [1.165, 1.54) is 19.3 Å². The molecule has 1 fully saturated rings. The number of aromatic nitrogens is 2. The average Bonchev–Trinajstić information content (AvgIpc) is 2.73. The Balaban J connectivity index is 1.71. The molecule has 134 valence electrons. The molecule has 1 aliphatic heterocycles. The zero-order chi connectivity index (χ0) is 17.9. The smallest absolute Gasteiger partial charge is 0.147 e. The molecule has 0 amide bonds. The first kappa shape index (κ1) is 17.1. The highest BCUT2D eigenvalue weighted by molar-refractivity contribution is 7.84. The Hall–Kier alpha value is -2.31. The van der Waals surface area contributed by atoms with Crippen molar-refractivity contribution in [2.24, 2.45) is 0 Å². The van der Waals surface area contributed by atoms with Crippen LogP contribution in [-0.2, 0) is 10.8 Å². The predicted octanol–water partition coefficient (Wildman–Crippen LogP) is 3.34. The van der Waals surface area contributed by atoms with Crippen LogP contribution < -0.4 is 4.90 Å². The second-order valence-electron chi connectivity index (χ2n) is 6.48. The molecule has 0 spiro atoms. The molecule has 3 aromatic rings. The maximum atomic E-state index is 11.9. The molecule has 1 atom stereocenters.